The second-order valence-corrected chi connectivity index (χ2v) is 6.47. The van der Waals surface area contributed by atoms with Crippen LogP contribution < -0.4 is 5.32 Å². The molecule has 2 saturated heterocycles. The summed E-state index contributed by atoms with van der Waals surface area (Å²) in [4.78, 5) is 30.2. The van der Waals surface area contributed by atoms with Gasteiger partial charge in [0.25, 0.3) is 5.91 Å². The van der Waals surface area contributed by atoms with Crippen LogP contribution in [-0.2, 0) is 16.0 Å². The molecule has 3 amide bonds. The number of aromatic nitrogens is 2. The van der Waals surface area contributed by atoms with Gasteiger partial charge in [-0.1, -0.05) is 18.0 Å². The molecule has 1 spiro atoms. The molecule has 0 bridgehead atoms. The van der Waals surface area contributed by atoms with Crippen molar-refractivity contribution < 1.29 is 18.8 Å². The molecule has 1 aromatic heterocycles. The maximum Gasteiger partial charge on any atom is 0.325 e. The van der Waals surface area contributed by atoms with Crippen molar-refractivity contribution in [3.05, 3.63) is 11.7 Å². The molecule has 0 unspecified atom stereocenters. The van der Waals surface area contributed by atoms with E-state index in [4.69, 9.17) is 9.26 Å². The molecular weight excluding hydrogens is 300 g/mol. The van der Waals surface area contributed by atoms with Crippen molar-refractivity contribution in [3.63, 3.8) is 0 Å². The van der Waals surface area contributed by atoms with Crippen LogP contribution in [0.3, 0.4) is 0 Å². The van der Waals surface area contributed by atoms with Crippen LogP contribution in [0, 0.1) is 0 Å². The number of urea groups is 1. The third-order valence-corrected chi connectivity index (χ3v) is 4.95. The van der Waals surface area contributed by atoms with Crippen LogP contribution in [0.5, 0.6) is 0 Å². The number of carbonyl (C=O) groups excluding carboxylic acids is 2. The zero-order valence-electron chi connectivity index (χ0n) is 12.9. The van der Waals surface area contributed by atoms with E-state index >= 15 is 0 Å². The third kappa shape index (κ3) is 2.50. The molecule has 8 heteroatoms. The van der Waals surface area contributed by atoms with Crippen LogP contribution in [-0.4, -0.2) is 45.7 Å². The van der Waals surface area contributed by atoms with Gasteiger partial charge in [-0.2, -0.15) is 4.98 Å². The molecule has 3 fully saturated rings. The fourth-order valence-corrected chi connectivity index (χ4v) is 3.69. The zero-order chi connectivity index (χ0) is 15.9. The largest absolute Gasteiger partial charge is 0.370 e. The van der Waals surface area contributed by atoms with Crippen molar-refractivity contribution in [2.24, 2.45) is 0 Å². The molecule has 1 aliphatic carbocycles. The summed E-state index contributed by atoms with van der Waals surface area (Å²) in [6.45, 7) is 0.985. The summed E-state index contributed by atoms with van der Waals surface area (Å²) in [6, 6.07) is -0.309. The molecule has 124 valence electrons. The molecule has 1 aromatic rings. The minimum Gasteiger partial charge on any atom is -0.370 e. The Hall–Kier alpha value is -1.96. The third-order valence-electron chi connectivity index (χ3n) is 4.95. The van der Waals surface area contributed by atoms with Crippen LogP contribution in [0.2, 0.25) is 0 Å². The maximum atomic E-state index is 12.5. The number of amides is 3. The highest BCUT2D eigenvalue weighted by Gasteiger charge is 2.52. The van der Waals surface area contributed by atoms with Crippen molar-refractivity contribution in [1.82, 2.24) is 20.4 Å². The van der Waals surface area contributed by atoms with E-state index < -0.39 is 5.54 Å². The van der Waals surface area contributed by atoms with E-state index in [0.717, 1.165) is 45.1 Å². The van der Waals surface area contributed by atoms with Crippen molar-refractivity contribution in [2.45, 2.75) is 56.6 Å². The molecule has 23 heavy (non-hydrogen) atoms. The monoisotopic (exact) mass is 320 g/mol. The molecule has 8 nitrogen and oxygen atoms in total. The number of imide groups is 1. The standard InChI is InChI=1S/C15H20N4O4/c20-13-15(6-1-2-7-15)17-14(21)19(13)8-5-11-16-12(18-23-11)10-4-3-9-22-10/h10H,1-9H2,(H,17,21)/t10-/m0/s1. The molecule has 1 N–H and O–H groups in total. The van der Waals surface area contributed by atoms with Gasteiger partial charge in [0, 0.05) is 19.6 Å². The Bertz CT molecular complexity index is 617. The minimum absolute atomic E-state index is 0.0917. The van der Waals surface area contributed by atoms with E-state index in [1.165, 1.54) is 4.90 Å². The number of nitrogens with one attached hydrogen (secondary N) is 1. The van der Waals surface area contributed by atoms with Crippen molar-refractivity contribution in [1.29, 1.82) is 0 Å². The summed E-state index contributed by atoms with van der Waals surface area (Å²) in [5.41, 5.74) is -0.658. The molecule has 3 heterocycles. The Balaban J connectivity index is 1.39. The molecule has 1 saturated carbocycles. The number of nitrogens with zero attached hydrogens (tertiary/aromatic N) is 3. The first-order valence-corrected chi connectivity index (χ1v) is 8.26. The van der Waals surface area contributed by atoms with Crippen molar-refractivity contribution in [3.8, 4) is 0 Å². The van der Waals surface area contributed by atoms with Gasteiger partial charge in [0.2, 0.25) is 11.7 Å². The lowest BCUT2D eigenvalue weighted by atomic mass is 9.98. The topological polar surface area (TPSA) is 97.6 Å². The SMILES string of the molecule is O=C1NC2(CCCC2)C(=O)N1CCc1nc([C@@H]2CCCO2)no1. The Morgan fingerprint density at radius 2 is 2.09 bits per heavy atom. The fraction of sp³-hybridized carbons (Fsp3) is 0.733. The van der Waals surface area contributed by atoms with E-state index in [-0.39, 0.29) is 24.6 Å². The lowest BCUT2D eigenvalue weighted by Gasteiger charge is -2.19. The summed E-state index contributed by atoms with van der Waals surface area (Å²) in [5, 5.41) is 6.80. The Labute approximate surface area is 133 Å². The van der Waals surface area contributed by atoms with E-state index in [1.807, 2.05) is 0 Å². The van der Waals surface area contributed by atoms with E-state index in [1.54, 1.807) is 0 Å². The first kappa shape index (κ1) is 14.6. The predicted molar refractivity (Wildman–Crippen MR) is 77.4 cm³/mol. The zero-order valence-corrected chi connectivity index (χ0v) is 12.9. The van der Waals surface area contributed by atoms with Gasteiger partial charge in [-0.3, -0.25) is 9.69 Å². The lowest BCUT2D eigenvalue weighted by molar-refractivity contribution is -0.131. The van der Waals surface area contributed by atoms with Gasteiger partial charge in [-0.25, -0.2) is 4.79 Å². The second-order valence-electron chi connectivity index (χ2n) is 6.47. The maximum absolute atomic E-state index is 12.5. The van der Waals surface area contributed by atoms with Crippen LogP contribution >= 0.6 is 0 Å². The van der Waals surface area contributed by atoms with Gasteiger partial charge >= 0.3 is 6.03 Å². The Morgan fingerprint density at radius 3 is 2.83 bits per heavy atom. The first-order valence-electron chi connectivity index (χ1n) is 8.26. The van der Waals surface area contributed by atoms with Crippen LogP contribution in [0.4, 0.5) is 4.79 Å². The molecule has 0 radical (unpaired) electrons. The average Bonchev–Trinajstić information content (AvgIpc) is 3.30. The number of hydrogen-bond donors (Lipinski definition) is 1. The van der Waals surface area contributed by atoms with Gasteiger partial charge in [0.15, 0.2) is 0 Å². The summed E-state index contributed by atoms with van der Waals surface area (Å²) in [6.07, 6.45) is 5.60. The molecule has 4 rings (SSSR count). The summed E-state index contributed by atoms with van der Waals surface area (Å²) >= 11 is 0. The number of rotatable bonds is 4. The quantitative estimate of drug-likeness (QED) is 0.841. The van der Waals surface area contributed by atoms with Gasteiger partial charge in [0.1, 0.15) is 11.6 Å². The molecule has 0 aromatic carbocycles. The lowest BCUT2D eigenvalue weighted by Crippen LogP contribution is -2.44. The van der Waals surface area contributed by atoms with Crippen LogP contribution in [0.15, 0.2) is 4.52 Å². The van der Waals surface area contributed by atoms with Gasteiger partial charge in [-0.05, 0) is 25.7 Å². The summed E-state index contributed by atoms with van der Waals surface area (Å²) < 4.78 is 10.7. The fourth-order valence-electron chi connectivity index (χ4n) is 3.69. The number of hydrogen-bond acceptors (Lipinski definition) is 6. The van der Waals surface area contributed by atoms with Crippen LogP contribution in [0.25, 0.3) is 0 Å². The molecule has 2 aliphatic heterocycles. The number of ether oxygens (including phenoxy) is 1. The van der Waals surface area contributed by atoms with Gasteiger partial charge < -0.3 is 14.6 Å². The highest BCUT2D eigenvalue weighted by Crippen LogP contribution is 2.35. The predicted octanol–water partition coefficient (Wildman–Crippen LogP) is 1.33. The summed E-state index contributed by atoms with van der Waals surface area (Å²) in [5.74, 6) is 0.879. The highest BCUT2D eigenvalue weighted by molar-refractivity contribution is 6.07. The molecule has 1 atom stereocenters. The van der Waals surface area contributed by atoms with E-state index in [0.29, 0.717) is 18.1 Å². The normalized spacial score (nSPS) is 26.4. The second kappa shape index (κ2) is 5.59. The Morgan fingerprint density at radius 1 is 1.26 bits per heavy atom. The average molecular weight is 320 g/mol. The van der Waals surface area contributed by atoms with Crippen molar-refractivity contribution in [2.75, 3.05) is 13.2 Å². The summed E-state index contributed by atoms with van der Waals surface area (Å²) in [7, 11) is 0. The van der Waals surface area contributed by atoms with E-state index in [9.17, 15) is 9.59 Å². The molecular formula is C15H20N4O4. The highest BCUT2D eigenvalue weighted by atomic mass is 16.5. The van der Waals surface area contributed by atoms with Gasteiger partial charge in [-0.15, -0.1) is 0 Å². The number of carbonyl (C=O) groups is 2. The first-order chi connectivity index (χ1) is 11.2. The van der Waals surface area contributed by atoms with E-state index in [2.05, 4.69) is 15.5 Å². The Kier molecular flexibility index (Phi) is 3.56. The molecule has 3 aliphatic rings. The smallest absolute Gasteiger partial charge is 0.325 e. The minimum atomic E-state index is -0.658. The van der Waals surface area contributed by atoms with Crippen molar-refractivity contribution >= 4 is 11.9 Å². The van der Waals surface area contributed by atoms with Crippen LogP contribution in [0.1, 0.15) is 56.3 Å². The van der Waals surface area contributed by atoms with Gasteiger partial charge in [0.05, 0.1) is 0 Å².